The maximum Gasteiger partial charge on any atom is 0.105 e. The predicted octanol–water partition coefficient (Wildman–Crippen LogP) is -0.0619. The van der Waals surface area contributed by atoms with Crippen molar-refractivity contribution in [3.8, 4) is 0 Å². The SMILES string of the molecule is Cl.OCC1COCC2(CCNCC2)O1. The quantitative estimate of drug-likeness (QED) is 0.654. The van der Waals surface area contributed by atoms with Crippen molar-refractivity contribution in [3.05, 3.63) is 0 Å². The summed E-state index contributed by atoms with van der Waals surface area (Å²) in [6.45, 7) is 3.26. The fourth-order valence-electron chi connectivity index (χ4n) is 2.03. The van der Waals surface area contributed by atoms with Gasteiger partial charge in [0.15, 0.2) is 0 Å². The van der Waals surface area contributed by atoms with Crippen LogP contribution in [0.25, 0.3) is 0 Å². The summed E-state index contributed by atoms with van der Waals surface area (Å²) in [7, 11) is 0. The van der Waals surface area contributed by atoms with Crippen molar-refractivity contribution in [2.24, 2.45) is 0 Å². The van der Waals surface area contributed by atoms with Crippen LogP contribution in [0.3, 0.4) is 0 Å². The number of aliphatic hydroxyl groups excluding tert-OH is 1. The zero-order chi connectivity index (χ0) is 9.15. The van der Waals surface area contributed by atoms with Crippen molar-refractivity contribution < 1.29 is 14.6 Å². The van der Waals surface area contributed by atoms with Gasteiger partial charge in [-0.2, -0.15) is 0 Å². The van der Waals surface area contributed by atoms with Gasteiger partial charge in [0, 0.05) is 0 Å². The Morgan fingerprint density at radius 3 is 2.71 bits per heavy atom. The third-order valence-electron chi connectivity index (χ3n) is 2.80. The van der Waals surface area contributed by atoms with Crippen LogP contribution in [0.2, 0.25) is 0 Å². The van der Waals surface area contributed by atoms with Crippen molar-refractivity contribution in [1.82, 2.24) is 5.32 Å². The average Bonchev–Trinajstić information content (AvgIpc) is 2.19. The summed E-state index contributed by atoms with van der Waals surface area (Å²) in [6.07, 6.45) is 1.86. The third kappa shape index (κ3) is 2.58. The molecule has 2 heterocycles. The maximum atomic E-state index is 8.98. The molecular formula is C9H18ClNO3. The van der Waals surface area contributed by atoms with Crippen LogP contribution < -0.4 is 5.32 Å². The first-order valence-corrected chi connectivity index (χ1v) is 4.92. The largest absolute Gasteiger partial charge is 0.394 e. The fourth-order valence-corrected chi connectivity index (χ4v) is 2.03. The number of aliphatic hydroxyl groups is 1. The van der Waals surface area contributed by atoms with Crippen molar-refractivity contribution in [1.29, 1.82) is 0 Å². The minimum Gasteiger partial charge on any atom is -0.394 e. The lowest BCUT2D eigenvalue weighted by molar-refractivity contribution is -0.215. The van der Waals surface area contributed by atoms with E-state index in [-0.39, 0.29) is 30.7 Å². The first-order valence-electron chi connectivity index (χ1n) is 4.92. The second-order valence-electron chi connectivity index (χ2n) is 3.87. The van der Waals surface area contributed by atoms with Gasteiger partial charge in [0.25, 0.3) is 0 Å². The Bertz CT molecular complexity index is 168. The Morgan fingerprint density at radius 2 is 2.07 bits per heavy atom. The highest BCUT2D eigenvalue weighted by Crippen LogP contribution is 2.28. The summed E-state index contributed by atoms with van der Waals surface area (Å²) in [5.41, 5.74) is -0.114. The number of nitrogens with one attached hydrogen (secondary N) is 1. The smallest absolute Gasteiger partial charge is 0.105 e. The van der Waals surface area contributed by atoms with Crippen LogP contribution in [0, 0.1) is 0 Å². The Morgan fingerprint density at radius 1 is 1.36 bits per heavy atom. The minimum absolute atomic E-state index is 0. The van der Waals surface area contributed by atoms with Gasteiger partial charge in [-0.3, -0.25) is 0 Å². The van der Waals surface area contributed by atoms with E-state index in [4.69, 9.17) is 14.6 Å². The summed E-state index contributed by atoms with van der Waals surface area (Å²) in [5.74, 6) is 0. The van der Waals surface area contributed by atoms with Gasteiger partial charge in [-0.1, -0.05) is 0 Å². The molecule has 2 saturated heterocycles. The Balaban J connectivity index is 0.000000980. The molecule has 1 spiro atoms. The van der Waals surface area contributed by atoms with Crippen LogP contribution >= 0.6 is 12.4 Å². The standard InChI is InChI=1S/C9H17NO3.ClH/c11-5-8-6-12-7-9(13-8)1-3-10-4-2-9;/h8,10-11H,1-7H2;1H. The highest BCUT2D eigenvalue weighted by Gasteiger charge is 2.38. The van der Waals surface area contributed by atoms with E-state index < -0.39 is 0 Å². The van der Waals surface area contributed by atoms with E-state index in [2.05, 4.69) is 5.32 Å². The Labute approximate surface area is 90.4 Å². The number of rotatable bonds is 1. The molecule has 84 valence electrons. The molecule has 14 heavy (non-hydrogen) atoms. The van der Waals surface area contributed by atoms with E-state index in [0.29, 0.717) is 13.2 Å². The molecule has 1 atom stereocenters. The number of hydrogen-bond donors (Lipinski definition) is 2. The highest BCUT2D eigenvalue weighted by molar-refractivity contribution is 5.85. The molecule has 1 unspecified atom stereocenters. The van der Waals surface area contributed by atoms with E-state index in [9.17, 15) is 0 Å². The van der Waals surface area contributed by atoms with Crippen molar-refractivity contribution >= 4 is 12.4 Å². The lowest BCUT2D eigenvalue weighted by Crippen LogP contribution is -2.54. The van der Waals surface area contributed by atoms with Gasteiger partial charge in [0.1, 0.15) is 6.10 Å². The van der Waals surface area contributed by atoms with Crippen molar-refractivity contribution in [2.45, 2.75) is 24.5 Å². The molecule has 0 radical (unpaired) electrons. The second-order valence-corrected chi connectivity index (χ2v) is 3.87. The maximum absolute atomic E-state index is 8.98. The van der Waals surface area contributed by atoms with Crippen molar-refractivity contribution in [3.63, 3.8) is 0 Å². The van der Waals surface area contributed by atoms with Gasteiger partial charge in [0.05, 0.1) is 25.4 Å². The van der Waals surface area contributed by atoms with Crippen LogP contribution in [-0.2, 0) is 9.47 Å². The normalized spacial score (nSPS) is 31.1. The first-order chi connectivity index (χ1) is 6.35. The summed E-state index contributed by atoms with van der Waals surface area (Å²) < 4.78 is 11.3. The Hall–Kier alpha value is 0.130. The molecular weight excluding hydrogens is 206 g/mol. The summed E-state index contributed by atoms with van der Waals surface area (Å²) in [4.78, 5) is 0. The zero-order valence-electron chi connectivity index (χ0n) is 8.20. The molecule has 0 bridgehead atoms. The van der Waals surface area contributed by atoms with Crippen molar-refractivity contribution in [2.75, 3.05) is 32.9 Å². The van der Waals surface area contributed by atoms with Gasteiger partial charge in [0.2, 0.25) is 0 Å². The second kappa shape index (κ2) is 5.28. The topological polar surface area (TPSA) is 50.7 Å². The molecule has 2 fully saturated rings. The van der Waals surface area contributed by atoms with Crippen LogP contribution in [0.1, 0.15) is 12.8 Å². The lowest BCUT2D eigenvalue weighted by Gasteiger charge is -2.43. The molecule has 2 rings (SSSR count). The van der Waals surface area contributed by atoms with Gasteiger partial charge in [-0.15, -0.1) is 12.4 Å². The van der Waals surface area contributed by atoms with E-state index in [0.717, 1.165) is 25.9 Å². The van der Waals surface area contributed by atoms with Crippen LogP contribution in [0.4, 0.5) is 0 Å². The molecule has 0 amide bonds. The molecule has 4 nitrogen and oxygen atoms in total. The van der Waals surface area contributed by atoms with Gasteiger partial charge in [-0.05, 0) is 25.9 Å². The van der Waals surface area contributed by atoms with Crippen LogP contribution in [-0.4, -0.2) is 49.7 Å². The van der Waals surface area contributed by atoms with E-state index in [1.54, 1.807) is 0 Å². The Kier molecular flexibility index (Phi) is 4.60. The van der Waals surface area contributed by atoms with E-state index >= 15 is 0 Å². The van der Waals surface area contributed by atoms with E-state index in [1.807, 2.05) is 0 Å². The average molecular weight is 224 g/mol. The molecule has 2 aliphatic heterocycles. The number of halogens is 1. The summed E-state index contributed by atoms with van der Waals surface area (Å²) in [6, 6.07) is 0. The summed E-state index contributed by atoms with van der Waals surface area (Å²) >= 11 is 0. The van der Waals surface area contributed by atoms with Gasteiger partial charge >= 0.3 is 0 Å². The number of hydrogen-bond acceptors (Lipinski definition) is 4. The third-order valence-corrected chi connectivity index (χ3v) is 2.80. The van der Waals surface area contributed by atoms with Crippen LogP contribution in [0.5, 0.6) is 0 Å². The van der Waals surface area contributed by atoms with Gasteiger partial charge < -0.3 is 19.9 Å². The molecule has 0 aromatic rings. The van der Waals surface area contributed by atoms with E-state index in [1.165, 1.54) is 0 Å². The molecule has 0 aromatic heterocycles. The summed E-state index contributed by atoms with van der Waals surface area (Å²) in [5, 5.41) is 12.3. The predicted molar refractivity (Wildman–Crippen MR) is 54.9 cm³/mol. The number of piperidine rings is 1. The molecule has 0 saturated carbocycles. The molecule has 2 aliphatic rings. The highest BCUT2D eigenvalue weighted by atomic mass is 35.5. The van der Waals surface area contributed by atoms with Crippen LogP contribution in [0.15, 0.2) is 0 Å². The molecule has 2 N–H and O–H groups in total. The monoisotopic (exact) mass is 223 g/mol. The van der Waals surface area contributed by atoms with Gasteiger partial charge in [-0.25, -0.2) is 0 Å². The molecule has 0 aromatic carbocycles. The lowest BCUT2D eigenvalue weighted by atomic mass is 9.92. The number of ether oxygens (including phenoxy) is 2. The fraction of sp³-hybridized carbons (Fsp3) is 1.00. The minimum atomic E-state index is -0.119. The molecule has 5 heteroatoms. The molecule has 0 aliphatic carbocycles. The first kappa shape index (κ1) is 12.2. The zero-order valence-corrected chi connectivity index (χ0v) is 9.02.